The van der Waals surface area contributed by atoms with E-state index in [0.29, 0.717) is 13.0 Å². The van der Waals surface area contributed by atoms with Gasteiger partial charge < -0.3 is 10.2 Å². The first-order chi connectivity index (χ1) is 12.4. The number of hydrogen-bond acceptors (Lipinski definition) is 3. The Morgan fingerprint density at radius 2 is 1.96 bits per heavy atom. The molecule has 2 heterocycles. The highest BCUT2D eigenvalue weighted by Crippen LogP contribution is 2.65. The Morgan fingerprint density at radius 3 is 2.50 bits per heavy atom. The second kappa shape index (κ2) is 6.23. The van der Waals surface area contributed by atoms with Crippen LogP contribution in [0.3, 0.4) is 0 Å². The maximum atomic E-state index is 13.0. The summed E-state index contributed by atoms with van der Waals surface area (Å²) in [4.78, 5) is 27.8. The number of rotatable bonds is 5. The van der Waals surface area contributed by atoms with Crippen molar-refractivity contribution in [1.82, 2.24) is 5.32 Å². The van der Waals surface area contributed by atoms with E-state index in [1.165, 1.54) is 0 Å². The van der Waals surface area contributed by atoms with Crippen LogP contribution >= 0.6 is 11.3 Å². The van der Waals surface area contributed by atoms with Gasteiger partial charge in [0.1, 0.15) is 0 Å². The zero-order valence-electron chi connectivity index (χ0n) is 15.2. The third kappa shape index (κ3) is 2.75. The van der Waals surface area contributed by atoms with Crippen molar-refractivity contribution in [2.24, 2.45) is 5.41 Å². The Labute approximate surface area is 158 Å². The molecule has 0 bridgehead atoms. The molecular weight excluding hydrogens is 344 g/mol. The quantitative estimate of drug-likeness (QED) is 0.871. The first-order valence-electron chi connectivity index (χ1n) is 9.16. The van der Waals surface area contributed by atoms with Crippen molar-refractivity contribution in [3.63, 3.8) is 0 Å². The van der Waals surface area contributed by atoms with Crippen LogP contribution in [0.4, 0.5) is 5.69 Å². The molecule has 1 saturated heterocycles. The number of thiophene rings is 1. The van der Waals surface area contributed by atoms with Gasteiger partial charge in [-0.3, -0.25) is 9.59 Å². The van der Waals surface area contributed by atoms with E-state index in [-0.39, 0.29) is 22.6 Å². The fourth-order valence-corrected chi connectivity index (χ4v) is 5.21. The average molecular weight is 369 g/mol. The second-order valence-electron chi connectivity index (χ2n) is 7.94. The van der Waals surface area contributed by atoms with Gasteiger partial charge in [-0.15, -0.1) is 11.3 Å². The lowest BCUT2D eigenvalue weighted by atomic mass is 9.93. The summed E-state index contributed by atoms with van der Waals surface area (Å²) in [5, 5.41) is 5.17. The summed E-state index contributed by atoms with van der Waals surface area (Å²) in [6.45, 7) is 5.63. The normalized spacial score (nSPS) is 23.9. The molecule has 1 aliphatic heterocycles. The van der Waals surface area contributed by atoms with Gasteiger partial charge in [0.25, 0.3) is 0 Å². The molecule has 1 unspecified atom stereocenters. The van der Waals surface area contributed by atoms with Crippen molar-refractivity contribution in [3.05, 3.63) is 52.2 Å². The molecule has 1 atom stereocenters. The van der Waals surface area contributed by atoms with Crippen LogP contribution in [0.5, 0.6) is 0 Å². The molecule has 1 aliphatic carbocycles. The number of carbonyl (C=O) groups is 2. The van der Waals surface area contributed by atoms with Crippen LogP contribution in [0, 0.1) is 5.41 Å². The van der Waals surface area contributed by atoms with Gasteiger partial charge in [0, 0.05) is 30.1 Å². The predicted octanol–water partition coefficient (Wildman–Crippen LogP) is 3.86. The fraction of sp³-hybridized carbons (Fsp3) is 0.429. The summed E-state index contributed by atoms with van der Waals surface area (Å²) in [5.41, 5.74) is 1.61. The Kier molecular flexibility index (Phi) is 4.14. The van der Waals surface area contributed by atoms with Crippen molar-refractivity contribution < 1.29 is 9.59 Å². The molecule has 136 valence electrons. The van der Waals surface area contributed by atoms with Crippen LogP contribution < -0.4 is 10.2 Å². The lowest BCUT2D eigenvalue weighted by Gasteiger charge is -2.19. The van der Waals surface area contributed by atoms with Gasteiger partial charge in [-0.05, 0) is 47.4 Å². The topological polar surface area (TPSA) is 49.4 Å². The van der Waals surface area contributed by atoms with E-state index in [1.807, 2.05) is 40.6 Å². The number of amides is 2. The minimum Gasteiger partial charge on any atom is -0.351 e. The summed E-state index contributed by atoms with van der Waals surface area (Å²) in [6, 6.07) is 12.0. The number of benzene rings is 1. The van der Waals surface area contributed by atoms with Crippen LogP contribution in [0.25, 0.3) is 0 Å². The standard InChI is InChI=1S/C21H24N2O2S/c1-20(2)14-21(20,17-5-4-12-26-17)19(25)22-13-15-7-9-16(10-8-15)23-11-3-6-18(23)24/h4-5,7-10,12H,3,6,11,13-14H2,1-2H3,(H,22,25). The van der Waals surface area contributed by atoms with Crippen LogP contribution in [0.15, 0.2) is 41.8 Å². The number of anilines is 1. The molecule has 0 radical (unpaired) electrons. The number of nitrogens with one attached hydrogen (secondary N) is 1. The Bertz CT molecular complexity index is 826. The van der Waals surface area contributed by atoms with Gasteiger partial charge >= 0.3 is 0 Å². The highest BCUT2D eigenvalue weighted by Gasteiger charge is 2.67. The van der Waals surface area contributed by atoms with E-state index in [4.69, 9.17) is 0 Å². The minimum absolute atomic E-state index is 0.00189. The molecule has 0 spiro atoms. The minimum atomic E-state index is -0.386. The molecule has 4 nitrogen and oxygen atoms in total. The summed E-state index contributed by atoms with van der Waals surface area (Å²) in [5.74, 6) is 0.309. The summed E-state index contributed by atoms with van der Waals surface area (Å²) < 4.78 is 0. The molecule has 2 fully saturated rings. The molecule has 1 aromatic carbocycles. The maximum Gasteiger partial charge on any atom is 0.232 e. The summed E-state index contributed by atoms with van der Waals surface area (Å²) in [7, 11) is 0. The zero-order chi connectivity index (χ0) is 18.4. The Morgan fingerprint density at radius 1 is 1.23 bits per heavy atom. The molecule has 2 aromatic rings. The zero-order valence-corrected chi connectivity index (χ0v) is 16.1. The number of nitrogens with zero attached hydrogens (tertiary/aromatic N) is 1. The van der Waals surface area contributed by atoms with E-state index in [2.05, 4.69) is 25.2 Å². The smallest absolute Gasteiger partial charge is 0.232 e. The second-order valence-corrected chi connectivity index (χ2v) is 8.89. The van der Waals surface area contributed by atoms with Crippen molar-refractivity contribution >= 4 is 28.8 Å². The lowest BCUT2D eigenvalue weighted by Crippen LogP contribution is -2.36. The first kappa shape index (κ1) is 17.3. The SMILES string of the molecule is CC1(C)CC1(C(=O)NCc1ccc(N2CCCC2=O)cc1)c1cccs1. The average Bonchev–Trinajstić information content (AvgIpc) is 3.05. The fourth-order valence-electron chi connectivity index (χ4n) is 4.11. The molecule has 1 saturated carbocycles. The van der Waals surface area contributed by atoms with Crippen LogP contribution in [-0.4, -0.2) is 18.4 Å². The Hall–Kier alpha value is -2.14. The third-order valence-corrected chi connectivity index (χ3v) is 6.87. The van der Waals surface area contributed by atoms with Crippen molar-refractivity contribution in [1.29, 1.82) is 0 Å². The lowest BCUT2D eigenvalue weighted by molar-refractivity contribution is -0.124. The first-order valence-corrected chi connectivity index (χ1v) is 10.0. The molecule has 2 amide bonds. The summed E-state index contributed by atoms with van der Waals surface area (Å²) >= 11 is 1.66. The van der Waals surface area contributed by atoms with E-state index in [9.17, 15) is 9.59 Å². The molecular formula is C21H24N2O2S. The summed E-state index contributed by atoms with van der Waals surface area (Å²) in [6.07, 6.45) is 2.46. The van der Waals surface area contributed by atoms with Gasteiger partial charge in [-0.1, -0.05) is 32.0 Å². The molecule has 26 heavy (non-hydrogen) atoms. The largest absolute Gasteiger partial charge is 0.351 e. The maximum absolute atomic E-state index is 13.0. The molecule has 1 N–H and O–H groups in total. The van der Waals surface area contributed by atoms with E-state index < -0.39 is 0 Å². The van der Waals surface area contributed by atoms with Crippen LogP contribution in [-0.2, 0) is 21.5 Å². The van der Waals surface area contributed by atoms with Gasteiger partial charge in [0.15, 0.2) is 0 Å². The van der Waals surface area contributed by atoms with Crippen LogP contribution in [0.2, 0.25) is 0 Å². The molecule has 5 heteroatoms. The van der Waals surface area contributed by atoms with E-state index in [0.717, 1.165) is 35.5 Å². The number of hydrogen-bond donors (Lipinski definition) is 1. The van der Waals surface area contributed by atoms with Gasteiger partial charge in [-0.25, -0.2) is 0 Å². The third-order valence-electron chi connectivity index (χ3n) is 5.84. The highest BCUT2D eigenvalue weighted by atomic mass is 32.1. The van der Waals surface area contributed by atoms with E-state index >= 15 is 0 Å². The van der Waals surface area contributed by atoms with Crippen molar-refractivity contribution in [3.8, 4) is 0 Å². The number of carbonyl (C=O) groups excluding carboxylic acids is 2. The molecule has 1 aromatic heterocycles. The van der Waals surface area contributed by atoms with Gasteiger partial charge in [0.2, 0.25) is 11.8 Å². The van der Waals surface area contributed by atoms with Gasteiger partial charge in [0.05, 0.1) is 5.41 Å². The van der Waals surface area contributed by atoms with Gasteiger partial charge in [-0.2, -0.15) is 0 Å². The monoisotopic (exact) mass is 368 g/mol. The highest BCUT2D eigenvalue weighted by molar-refractivity contribution is 7.10. The van der Waals surface area contributed by atoms with Crippen molar-refractivity contribution in [2.45, 2.75) is 45.1 Å². The molecule has 2 aliphatic rings. The van der Waals surface area contributed by atoms with Crippen molar-refractivity contribution in [2.75, 3.05) is 11.4 Å². The van der Waals surface area contributed by atoms with Crippen LogP contribution in [0.1, 0.15) is 43.6 Å². The predicted molar refractivity (Wildman–Crippen MR) is 104 cm³/mol. The molecule has 4 rings (SSSR count). The van der Waals surface area contributed by atoms with E-state index in [1.54, 1.807) is 11.3 Å². The Balaban J connectivity index is 1.42.